The van der Waals surface area contributed by atoms with E-state index in [4.69, 9.17) is 9.47 Å². The summed E-state index contributed by atoms with van der Waals surface area (Å²) < 4.78 is 25.9. The van der Waals surface area contributed by atoms with E-state index in [1.807, 2.05) is 13.8 Å². The van der Waals surface area contributed by atoms with Crippen LogP contribution in [0.5, 0.6) is 11.5 Å². The number of methoxy groups -OCH3 is 1. The van der Waals surface area contributed by atoms with Crippen molar-refractivity contribution in [2.24, 2.45) is 0 Å². The molecule has 0 amide bonds. The lowest BCUT2D eigenvalue weighted by atomic mass is 10.2. The van der Waals surface area contributed by atoms with Crippen LogP contribution >= 0.6 is 0 Å². The molecule has 1 aromatic carbocycles. The second kappa shape index (κ2) is 5.73. The maximum absolute atomic E-state index is 13.7. The van der Waals surface area contributed by atoms with Crippen molar-refractivity contribution in [2.75, 3.05) is 7.11 Å². The molecule has 1 aromatic heterocycles. The number of aromatic nitrogens is 2. The zero-order valence-electron chi connectivity index (χ0n) is 11.3. The number of hydrogen-bond donors (Lipinski definition) is 0. The molecule has 0 aliphatic rings. The topological polar surface area (TPSA) is 36.3 Å². The predicted octanol–water partition coefficient (Wildman–Crippen LogP) is 3.19. The second-order valence-electron chi connectivity index (χ2n) is 4.50. The Kier molecular flexibility index (Phi) is 4.04. The molecule has 0 unspecified atom stereocenters. The van der Waals surface area contributed by atoms with E-state index in [2.05, 4.69) is 5.10 Å². The van der Waals surface area contributed by atoms with Gasteiger partial charge in [-0.05, 0) is 26.0 Å². The minimum absolute atomic E-state index is 0.166. The molecule has 5 heteroatoms. The average Bonchev–Trinajstić information content (AvgIpc) is 2.86. The highest BCUT2D eigenvalue weighted by Crippen LogP contribution is 2.19. The molecule has 1 heterocycles. The monoisotopic (exact) mass is 264 g/mol. The molecule has 2 aromatic rings. The molecule has 102 valence electrons. The number of rotatable bonds is 5. The Labute approximate surface area is 111 Å². The van der Waals surface area contributed by atoms with Crippen LogP contribution in [-0.4, -0.2) is 16.9 Å². The van der Waals surface area contributed by atoms with Crippen LogP contribution in [0, 0.1) is 5.82 Å². The van der Waals surface area contributed by atoms with Gasteiger partial charge in [0.15, 0.2) is 5.75 Å². The van der Waals surface area contributed by atoms with Gasteiger partial charge in [0.05, 0.1) is 19.5 Å². The molecule has 0 saturated carbocycles. The summed E-state index contributed by atoms with van der Waals surface area (Å²) in [5, 5.41) is 4.16. The minimum Gasteiger partial charge on any atom is -0.497 e. The maximum atomic E-state index is 13.7. The summed E-state index contributed by atoms with van der Waals surface area (Å²) >= 11 is 0. The Morgan fingerprint density at radius 3 is 2.68 bits per heavy atom. The summed E-state index contributed by atoms with van der Waals surface area (Å²) in [5.74, 6) is 0.786. The minimum atomic E-state index is -0.337. The summed E-state index contributed by atoms with van der Waals surface area (Å²) in [4.78, 5) is 0. The van der Waals surface area contributed by atoms with E-state index in [1.54, 1.807) is 29.2 Å². The highest BCUT2D eigenvalue weighted by Gasteiger charge is 2.07. The van der Waals surface area contributed by atoms with Gasteiger partial charge in [0.2, 0.25) is 0 Å². The van der Waals surface area contributed by atoms with Crippen molar-refractivity contribution in [3.05, 3.63) is 42.0 Å². The Bertz CT molecular complexity index is 552. The molecule has 0 bridgehead atoms. The molecule has 19 heavy (non-hydrogen) atoms. The fourth-order valence-corrected chi connectivity index (χ4v) is 1.61. The van der Waals surface area contributed by atoms with Crippen molar-refractivity contribution in [1.29, 1.82) is 0 Å². The van der Waals surface area contributed by atoms with Crippen LogP contribution in [0.1, 0.15) is 25.5 Å². The fraction of sp³-hybridized carbons (Fsp3) is 0.357. The molecule has 4 nitrogen and oxygen atoms in total. The third kappa shape index (κ3) is 3.24. The van der Waals surface area contributed by atoms with Crippen LogP contribution < -0.4 is 9.47 Å². The highest BCUT2D eigenvalue weighted by atomic mass is 19.1. The van der Waals surface area contributed by atoms with E-state index in [0.717, 1.165) is 0 Å². The molecule has 0 aliphatic carbocycles. The molecule has 0 radical (unpaired) electrons. The summed E-state index contributed by atoms with van der Waals surface area (Å²) in [6.07, 6.45) is 3.42. The predicted molar refractivity (Wildman–Crippen MR) is 69.9 cm³/mol. The van der Waals surface area contributed by atoms with Gasteiger partial charge in [0.25, 0.3) is 0 Å². The van der Waals surface area contributed by atoms with Crippen LogP contribution in [0.2, 0.25) is 0 Å². The van der Waals surface area contributed by atoms with Gasteiger partial charge in [-0.2, -0.15) is 5.10 Å². The number of halogens is 1. The quantitative estimate of drug-likeness (QED) is 0.832. The van der Waals surface area contributed by atoms with Crippen molar-refractivity contribution in [1.82, 2.24) is 9.78 Å². The highest BCUT2D eigenvalue weighted by molar-refractivity contribution is 5.29. The molecule has 0 spiro atoms. The van der Waals surface area contributed by atoms with Crippen LogP contribution in [0.4, 0.5) is 4.39 Å². The zero-order chi connectivity index (χ0) is 13.8. The van der Waals surface area contributed by atoms with Crippen molar-refractivity contribution in [3.63, 3.8) is 0 Å². The van der Waals surface area contributed by atoms with E-state index < -0.39 is 0 Å². The van der Waals surface area contributed by atoms with Crippen molar-refractivity contribution < 1.29 is 13.9 Å². The molecular formula is C14H17FN2O2. The van der Waals surface area contributed by atoms with Crippen LogP contribution in [0.15, 0.2) is 30.6 Å². The summed E-state index contributed by atoms with van der Waals surface area (Å²) in [5.41, 5.74) is 0.484. The van der Waals surface area contributed by atoms with E-state index in [9.17, 15) is 4.39 Å². The lowest BCUT2D eigenvalue weighted by Gasteiger charge is -2.07. The zero-order valence-corrected chi connectivity index (χ0v) is 11.3. The Morgan fingerprint density at radius 2 is 2.11 bits per heavy atom. The molecule has 2 rings (SSSR count). The third-order valence-corrected chi connectivity index (χ3v) is 2.76. The van der Waals surface area contributed by atoms with Crippen molar-refractivity contribution in [2.45, 2.75) is 26.5 Å². The number of benzene rings is 1. The van der Waals surface area contributed by atoms with Gasteiger partial charge in [0, 0.05) is 17.7 Å². The lowest BCUT2D eigenvalue weighted by Crippen LogP contribution is -2.00. The summed E-state index contributed by atoms with van der Waals surface area (Å²) in [6.45, 7) is 4.22. The Morgan fingerprint density at radius 1 is 1.32 bits per heavy atom. The van der Waals surface area contributed by atoms with Gasteiger partial charge in [-0.15, -0.1) is 0 Å². The first-order chi connectivity index (χ1) is 9.10. The van der Waals surface area contributed by atoms with Crippen LogP contribution in [0.3, 0.4) is 0 Å². The van der Waals surface area contributed by atoms with Gasteiger partial charge in [-0.25, -0.2) is 4.39 Å². The maximum Gasteiger partial charge on any atom is 0.157 e. The second-order valence-corrected chi connectivity index (χ2v) is 4.50. The fourth-order valence-electron chi connectivity index (χ4n) is 1.61. The number of ether oxygens (including phenoxy) is 2. The van der Waals surface area contributed by atoms with Gasteiger partial charge < -0.3 is 9.47 Å². The lowest BCUT2D eigenvalue weighted by molar-refractivity contribution is 0.298. The standard InChI is InChI=1S/C14H17FN2O2/c1-10(2)17-8-13(7-16-17)19-9-11-4-5-12(18-3)6-14(11)15/h4-8,10H,9H2,1-3H3. The first-order valence-corrected chi connectivity index (χ1v) is 6.09. The van der Waals surface area contributed by atoms with E-state index >= 15 is 0 Å². The van der Waals surface area contributed by atoms with Crippen molar-refractivity contribution in [3.8, 4) is 11.5 Å². The third-order valence-electron chi connectivity index (χ3n) is 2.76. The molecular weight excluding hydrogens is 247 g/mol. The van der Waals surface area contributed by atoms with E-state index in [-0.39, 0.29) is 18.5 Å². The molecule has 0 fully saturated rings. The molecule has 0 N–H and O–H groups in total. The van der Waals surface area contributed by atoms with Gasteiger partial charge in [-0.3, -0.25) is 4.68 Å². The van der Waals surface area contributed by atoms with Gasteiger partial charge in [0.1, 0.15) is 18.2 Å². The number of hydrogen-bond acceptors (Lipinski definition) is 3. The molecule has 0 aliphatic heterocycles. The molecule has 0 saturated heterocycles. The molecule has 0 atom stereocenters. The Balaban J connectivity index is 2.01. The SMILES string of the molecule is COc1ccc(COc2cnn(C(C)C)c2)c(F)c1. The van der Waals surface area contributed by atoms with Gasteiger partial charge >= 0.3 is 0 Å². The Hall–Kier alpha value is -2.04. The van der Waals surface area contributed by atoms with E-state index in [0.29, 0.717) is 17.1 Å². The summed E-state index contributed by atoms with van der Waals surface area (Å²) in [7, 11) is 1.51. The first-order valence-electron chi connectivity index (χ1n) is 6.09. The number of nitrogens with zero attached hydrogens (tertiary/aromatic N) is 2. The average molecular weight is 264 g/mol. The normalized spacial score (nSPS) is 10.8. The van der Waals surface area contributed by atoms with Crippen molar-refractivity contribution >= 4 is 0 Å². The van der Waals surface area contributed by atoms with Crippen LogP contribution in [-0.2, 0) is 6.61 Å². The van der Waals surface area contributed by atoms with Crippen LogP contribution in [0.25, 0.3) is 0 Å². The summed E-state index contributed by atoms with van der Waals surface area (Å²) in [6, 6.07) is 4.98. The smallest absolute Gasteiger partial charge is 0.157 e. The largest absolute Gasteiger partial charge is 0.497 e. The van der Waals surface area contributed by atoms with E-state index in [1.165, 1.54) is 13.2 Å². The first kappa shape index (κ1) is 13.4. The van der Waals surface area contributed by atoms with Gasteiger partial charge in [-0.1, -0.05) is 0 Å².